The van der Waals surface area contributed by atoms with Crippen LogP contribution in [0.3, 0.4) is 0 Å². The van der Waals surface area contributed by atoms with Crippen molar-refractivity contribution in [3.8, 4) is 0 Å². The Morgan fingerprint density at radius 1 is 1.53 bits per heavy atom. The SMILES string of the molecule is Cc1c(N)[nH]c2c1cc(S)c1ocnc12. The Balaban J connectivity index is 2.65. The summed E-state index contributed by atoms with van der Waals surface area (Å²) in [6.07, 6.45) is 1.41. The predicted octanol–water partition coefficient (Wildman–Crippen LogP) is 2.49. The normalized spacial score (nSPS) is 11.6. The number of hydrogen-bond acceptors (Lipinski definition) is 4. The smallest absolute Gasteiger partial charge is 0.182 e. The Labute approximate surface area is 90.9 Å². The minimum Gasteiger partial charge on any atom is -0.442 e. The van der Waals surface area contributed by atoms with Crippen molar-refractivity contribution in [3.05, 3.63) is 18.0 Å². The molecule has 1 aromatic carbocycles. The molecule has 3 N–H and O–H groups in total. The van der Waals surface area contributed by atoms with Crippen LogP contribution in [0.15, 0.2) is 21.8 Å². The van der Waals surface area contributed by atoms with E-state index in [0.29, 0.717) is 11.4 Å². The lowest BCUT2D eigenvalue weighted by molar-refractivity contribution is 0.596. The molecule has 4 nitrogen and oxygen atoms in total. The molecule has 0 unspecified atom stereocenters. The minimum atomic E-state index is 0.660. The van der Waals surface area contributed by atoms with E-state index in [0.717, 1.165) is 26.9 Å². The van der Waals surface area contributed by atoms with Crippen LogP contribution in [0.25, 0.3) is 22.0 Å². The van der Waals surface area contributed by atoms with E-state index in [1.54, 1.807) is 0 Å². The molecule has 0 aliphatic heterocycles. The fourth-order valence-electron chi connectivity index (χ4n) is 1.80. The maximum atomic E-state index is 5.82. The number of hydrogen-bond donors (Lipinski definition) is 3. The quantitative estimate of drug-likeness (QED) is 0.509. The van der Waals surface area contributed by atoms with Crippen molar-refractivity contribution in [3.63, 3.8) is 0 Å². The van der Waals surface area contributed by atoms with Crippen molar-refractivity contribution in [2.45, 2.75) is 11.8 Å². The van der Waals surface area contributed by atoms with Crippen LogP contribution in [0.5, 0.6) is 0 Å². The number of aromatic nitrogens is 2. The van der Waals surface area contributed by atoms with Crippen LogP contribution in [0.2, 0.25) is 0 Å². The van der Waals surface area contributed by atoms with Crippen LogP contribution in [0.4, 0.5) is 5.82 Å². The van der Waals surface area contributed by atoms with Gasteiger partial charge in [0.2, 0.25) is 0 Å². The zero-order valence-electron chi connectivity index (χ0n) is 8.03. The van der Waals surface area contributed by atoms with Crippen molar-refractivity contribution in [2.75, 3.05) is 5.73 Å². The number of nitrogens with two attached hydrogens (primary N) is 1. The van der Waals surface area contributed by atoms with Gasteiger partial charge in [0.25, 0.3) is 0 Å². The first kappa shape index (κ1) is 8.67. The number of aryl methyl sites for hydroxylation is 1. The molecule has 0 aliphatic carbocycles. The van der Waals surface area contributed by atoms with E-state index >= 15 is 0 Å². The number of thiol groups is 1. The second-order valence-electron chi connectivity index (χ2n) is 3.51. The molecule has 0 saturated heterocycles. The van der Waals surface area contributed by atoms with Crippen molar-refractivity contribution in [1.82, 2.24) is 9.97 Å². The van der Waals surface area contributed by atoms with Crippen LogP contribution in [-0.4, -0.2) is 9.97 Å². The third-order valence-corrected chi connectivity index (χ3v) is 2.99. The number of H-pyrrole nitrogens is 1. The number of fused-ring (bicyclic) bond motifs is 3. The third-order valence-electron chi connectivity index (χ3n) is 2.65. The van der Waals surface area contributed by atoms with Gasteiger partial charge in [-0.3, -0.25) is 0 Å². The number of anilines is 1. The number of nitrogens with zero attached hydrogens (tertiary/aromatic N) is 1. The monoisotopic (exact) mass is 219 g/mol. The molecule has 0 atom stereocenters. The van der Waals surface area contributed by atoms with Crippen LogP contribution in [-0.2, 0) is 0 Å². The van der Waals surface area contributed by atoms with Gasteiger partial charge in [0.05, 0.1) is 10.4 Å². The van der Waals surface area contributed by atoms with Gasteiger partial charge in [0.15, 0.2) is 12.0 Å². The Morgan fingerprint density at radius 3 is 3.13 bits per heavy atom. The number of aromatic amines is 1. The van der Waals surface area contributed by atoms with Gasteiger partial charge in [0.1, 0.15) is 11.3 Å². The highest BCUT2D eigenvalue weighted by atomic mass is 32.1. The van der Waals surface area contributed by atoms with Gasteiger partial charge in [-0.25, -0.2) is 4.98 Å². The van der Waals surface area contributed by atoms with Gasteiger partial charge in [-0.15, -0.1) is 12.6 Å². The second kappa shape index (κ2) is 2.70. The molecular formula is C10H9N3OS. The van der Waals surface area contributed by atoms with E-state index in [1.165, 1.54) is 6.39 Å². The average Bonchev–Trinajstić information content (AvgIpc) is 2.77. The molecule has 3 aromatic rings. The average molecular weight is 219 g/mol. The number of nitrogens with one attached hydrogen (secondary N) is 1. The summed E-state index contributed by atoms with van der Waals surface area (Å²) in [5, 5.41) is 1.04. The van der Waals surface area contributed by atoms with Gasteiger partial charge in [-0.2, -0.15) is 0 Å². The lowest BCUT2D eigenvalue weighted by Gasteiger charge is -1.95. The highest BCUT2D eigenvalue weighted by Gasteiger charge is 2.13. The van der Waals surface area contributed by atoms with Gasteiger partial charge in [0, 0.05) is 5.39 Å². The van der Waals surface area contributed by atoms with E-state index < -0.39 is 0 Å². The van der Waals surface area contributed by atoms with E-state index in [1.807, 2.05) is 13.0 Å². The molecule has 3 rings (SSSR count). The van der Waals surface area contributed by atoms with Gasteiger partial charge < -0.3 is 15.1 Å². The summed E-state index contributed by atoms with van der Waals surface area (Å²) in [5.41, 5.74) is 9.21. The number of oxazole rings is 1. The van der Waals surface area contributed by atoms with E-state index in [9.17, 15) is 0 Å². The lowest BCUT2D eigenvalue weighted by atomic mass is 10.1. The maximum absolute atomic E-state index is 5.82. The van der Waals surface area contributed by atoms with E-state index in [-0.39, 0.29) is 0 Å². The summed E-state index contributed by atoms with van der Waals surface area (Å²) in [5.74, 6) is 0.660. The summed E-state index contributed by atoms with van der Waals surface area (Å²) < 4.78 is 5.26. The number of rotatable bonds is 0. The summed E-state index contributed by atoms with van der Waals surface area (Å²) in [6.45, 7) is 1.97. The van der Waals surface area contributed by atoms with E-state index in [4.69, 9.17) is 10.2 Å². The topological polar surface area (TPSA) is 67.8 Å². The summed E-state index contributed by atoms with van der Waals surface area (Å²) >= 11 is 4.36. The first-order chi connectivity index (χ1) is 7.18. The molecule has 0 spiro atoms. The molecule has 0 radical (unpaired) electrons. The molecule has 76 valence electrons. The van der Waals surface area contributed by atoms with Crippen LogP contribution in [0.1, 0.15) is 5.56 Å². The van der Waals surface area contributed by atoms with Crippen molar-refractivity contribution < 1.29 is 4.42 Å². The molecule has 0 aliphatic rings. The molecule has 0 fully saturated rings. The number of nitrogen functional groups attached to an aromatic ring is 1. The van der Waals surface area contributed by atoms with Gasteiger partial charge in [-0.1, -0.05) is 0 Å². The highest BCUT2D eigenvalue weighted by Crippen LogP contribution is 2.33. The van der Waals surface area contributed by atoms with E-state index in [2.05, 4.69) is 22.6 Å². The molecular weight excluding hydrogens is 210 g/mol. The molecule has 0 amide bonds. The summed E-state index contributed by atoms with van der Waals surface area (Å²) in [6, 6.07) is 1.94. The molecule has 0 bridgehead atoms. The van der Waals surface area contributed by atoms with Crippen molar-refractivity contribution in [1.29, 1.82) is 0 Å². The van der Waals surface area contributed by atoms with Crippen LogP contribution in [0, 0.1) is 6.92 Å². The molecule has 2 heterocycles. The lowest BCUT2D eigenvalue weighted by Crippen LogP contribution is -1.84. The standard InChI is InChI=1S/C10H9N3OS/c1-4-5-2-6(15)9-8(12-3-14-9)7(5)13-10(4)11/h2-3,13,15H,11H2,1H3. The Morgan fingerprint density at radius 2 is 2.33 bits per heavy atom. The van der Waals surface area contributed by atoms with Crippen molar-refractivity contribution in [2.24, 2.45) is 0 Å². The van der Waals surface area contributed by atoms with Crippen LogP contribution < -0.4 is 5.73 Å². The zero-order valence-corrected chi connectivity index (χ0v) is 8.93. The maximum Gasteiger partial charge on any atom is 0.182 e. The summed E-state index contributed by atoms with van der Waals surface area (Å²) in [4.78, 5) is 8.04. The Hall–Kier alpha value is -1.62. The zero-order chi connectivity index (χ0) is 10.6. The van der Waals surface area contributed by atoms with Gasteiger partial charge in [-0.05, 0) is 18.6 Å². The fraction of sp³-hybridized carbons (Fsp3) is 0.100. The highest BCUT2D eigenvalue weighted by molar-refractivity contribution is 7.80. The summed E-state index contributed by atoms with van der Waals surface area (Å²) in [7, 11) is 0. The Kier molecular flexibility index (Phi) is 1.56. The fourth-order valence-corrected chi connectivity index (χ4v) is 2.09. The molecule has 5 heteroatoms. The number of benzene rings is 1. The minimum absolute atomic E-state index is 0.660. The third kappa shape index (κ3) is 1.01. The molecule has 15 heavy (non-hydrogen) atoms. The Bertz CT molecular complexity index is 668. The van der Waals surface area contributed by atoms with Crippen molar-refractivity contribution >= 4 is 40.4 Å². The van der Waals surface area contributed by atoms with Crippen LogP contribution >= 0.6 is 12.6 Å². The second-order valence-corrected chi connectivity index (χ2v) is 3.99. The first-order valence-corrected chi connectivity index (χ1v) is 4.96. The predicted molar refractivity (Wildman–Crippen MR) is 62.3 cm³/mol. The molecule has 0 saturated carbocycles. The largest absolute Gasteiger partial charge is 0.442 e. The first-order valence-electron chi connectivity index (χ1n) is 4.51. The molecule has 2 aromatic heterocycles. The van der Waals surface area contributed by atoms with Gasteiger partial charge >= 0.3 is 0 Å².